The van der Waals surface area contributed by atoms with E-state index >= 15 is 0 Å². The molecule has 0 unspecified atom stereocenters. The summed E-state index contributed by atoms with van der Waals surface area (Å²) in [7, 11) is 1.65. The van der Waals surface area contributed by atoms with E-state index in [1.165, 1.54) is 0 Å². The molecule has 5 nitrogen and oxygen atoms in total. The van der Waals surface area contributed by atoms with Gasteiger partial charge in [0, 0.05) is 12.3 Å². The summed E-state index contributed by atoms with van der Waals surface area (Å²) in [4.78, 5) is 4.38. The minimum absolute atomic E-state index is 0.207. The number of ether oxygens (including phenoxy) is 1. The van der Waals surface area contributed by atoms with Crippen LogP contribution in [0.15, 0.2) is 28.8 Å². The first-order valence-electron chi connectivity index (χ1n) is 6.38. The highest BCUT2D eigenvalue weighted by molar-refractivity contribution is 5.28. The Balaban J connectivity index is 1.66. The van der Waals surface area contributed by atoms with Gasteiger partial charge in [0.05, 0.1) is 13.2 Å². The Labute approximate surface area is 111 Å². The third-order valence-corrected chi connectivity index (χ3v) is 3.47. The highest BCUT2D eigenvalue weighted by Crippen LogP contribution is 2.35. The van der Waals surface area contributed by atoms with Crippen LogP contribution in [0.4, 0.5) is 0 Å². The molecule has 100 valence electrons. The lowest BCUT2D eigenvalue weighted by atomic mass is 9.82. The van der Waals surface area contributed by atoms with Gasteiger partial charge in [0.25, 0.3) is 0 Å². The number of nitrogens with zero attached hydrogens (tertiary/aromatic N) is 2. The van der Waals surface area contributed by atoms with Crippen molar-refractivity contribution in [3.63, 3.8) is 0 Å². The Morgan fingerprint density at radius 3 is 2.68 bits per heavy atom. The third-order valence-electron chi connectivity index (χ3n) is 3.47. The van der Waals surface area contributed by atoms with Crippen molar-refractivity contribution in [3.05, 3.63) is 41.5 Å². The SMILES string of the molecule is COc1ccc(Cc2noc(C3CC(O)C3)n2)cc1. The number of aromatic nitrogens is 2. The maximum Gasteiger partial charge on any atom is 0.229 e. The molecule has 0 atom stereocenters. The van der Waals surface area contributed by atoms with E-state index < -0.39 is 0 Å². The topological polar surface area (TPSA) is 68.4 Å². The lowest BCUT2D eigenvalue weighted by molar-refractivity contribution is 0.0625. The zero-order valence-corrected chi connectivity index (χ0v) is 10.7. The molecule has 19 heavy (non-hydrogen) atoms. The van der Waals surface area contributed by atoms with E-state index in [1.807, 2.05) is 24.3 Å². The molecule has 1 saturated carbocycles. The molecule has 0 amide bonds. The largest absolute Gasteiger partial charge is 0.497 e. The van der Waals surface area contributed by atoms with E-state index in [2.05, 4.69) is 10.1 Å². The van der Waals surface area contributed by atoms with Gasteiger partial charge in [-0.05, 0) is 30.5 Å². The lowest BCUT2D eigenvalue weighted by Gasteiger charge is -2.27. The molecule has 5 heteroatoms. The molecule has 0 spiro atoms. The fourth-order valence-electron chi connectivity index (χ4n) is 2.22. The van der Waals surface area contributed by atoms with Gasteiger partial charge in [-0.15, -0.1) is 0 Å². The Kier molecular flexibility index (Phi) is 3.21. The fraction of sp³-hybridized carbons (Fsp3) is 0.429. The maximum absolute atomic E-state index is 9.27. The average molecular weight is 260 g/mol. The Bertz CT molecular complexity index is 544. The number of methoxy groups -OCH3 is 1. The van der Waals surface area contributed by atoms with Gasteiger partial charge in [0.2, 0.25) is 5.89 Å². The van der Waals surface area contributed by atoms with Crippen molar-refractivity contribution in [2.45, 2.75) is 31.3 Å². The quantitative estimate of drug-likeness (QED) is 0.909. The number of rotatable bonds is 4. The first-order chi connectivity index (χ1) is 9.24. The summed E-state index contributed by atoms with van der Waals surface area (Å²) in [5, 5.41) is 13.3. The van der Waals surface area contributed by atoms with Crippen LogP contribution < -0.4 is 4.74 Å². The molecular formula is C14H16N2O3. The number of hydrogen-bond acceptors (Lipinski definition) is 5. The molecule has 0 bridgehead atoms. The molecule has 1 heterocycles. The van der Waals surface area contributed by atoms with Gasteiger partial charge in [-0.1, -0.05) is 17.3 Å². The molecule has 0 aliphatic heterocycles. The first kappa shape index (κ1) is 12.2. The summed E-state index contributed by atoms with van der Waals surface area (Å²) < 4.78 is 10.4. The minimum Gasteiger partial charge on any atom is -0.497 e. The second kappa shape index (κ2) is 5.01. The van der Waals surface area contributed by atoms with Gasteiger partial charge in [0.15, 0.2) is 5.82 Å². The Morgan fingerprint density at radius 2 is 2.05 bits per heavy atom. The van der Waals surface area contributed by atoms with Gasteiger partial charge in [-0.2, -0.15) is 4.98 Å². The van der Waals surface area contributed by atoms with Crippen molar-refractivity contribution in [3.8, 4) is 5.75 Å². The van der Waals surface area contributed by atoms with Gasteiger partial charge in [-0.3, -0.25) is 0 Å². The van der Waals surface area contributed by atoms with Crippen molar-refractivity contribution < 1.29 is 14.4 Å². The number of aliphatic hydroxyl groups is 1. The first-order valence-corrected chi connectivity index (χ1v) is 6.38. The Morgan fingerprint density at radius 1 is 1.32 bits per heavy atom. The molecule has 0 radical (unpaired) electrons. The Hall–Kier alpha value is -1.88. The lowest BCUT2D eigenvalue weighted by Crippen LogP contribution is -2.26. The molecule has 2 aromatic rings. The van der Waals surface area contributed by atoms with Crippen LogP contribution in [0.25, 0.3) is 0 Å². The molecule has 1 aliphatic rings. The van der Waals surface area contributed by atoms with E-state index in [-0.39, 0.29) is 12.0 Å². The van der Waals surface area contributed by atoms with E-state index in [4.69, 9.17) is 9.26 Å². The van der Waals surface area contributed by atoms with E-state index in [1.54, 1.807) is 7.11 Å². The van der Waals surface area contributed by atoms with Crippen LogP contribution in [-0.4, -0.2) is 28.5 Å². The monoisotopic (exact) mass is 260 g/mol. The molecule has 0 saturated heterocycles. The summed E-state index contributed by atoms with van der Waals surface area (Å²) in [5.41, 5.74) is 1.11. The van der Waals surface area contributed by atoms with Crippen molar-refractivity contribution >= 4 is 0 Å². The van der Waals surface area contributed by atoms with Crippen LogP contribution in [0.1, 0.15) is 36.0 Å². The van der Waals surface area contributed by atoms with E-state index in [9.17, 15) is 5.11 Å². The van der Waals surface area contributed by atoms with Crippen LogP contribution in [0, 0.1) is 0 Å². The van der Waals surface area contributed by atoms with Crippen molar-refractivity contribution in [2.24, 2.45) is 0 Å². The summed E-state index contributed by atoms with van der Waals surface area (Å²) in [5.74, 6) is 2.39. The molecule has 1 N–H and O–H groups in total. The molecule has 1 aliphatic carbocycles. The van der Waals surface area contributed by atoms with Crippen molar-refractivity contribution in [1.82, 2.24) is 10.1 Å². The normalized spacial score (nSPS) is 22.0. The van der Waals surface area contributed by atoms with Crippen LogP contribution >= 0.6 is 0 Å². The van der Waals surface area contributed by atoms with Gasteiger partial charge < -0.3 is 14.4 Å². The number of hydrogen-bond donors (Lipinski definition) is 1. The van der Waals surface area contributed by atoms with Crippen molar-refractivity contribution in [2.75, 3.05) is 7.11 Å². The molecule has 3 rings (SSSR count). The highest BCUT2D eigenvalue weighted by Gasteiger charge is 2.32. The maximum atomic E-state index is 9.27. The van der Waals surface area contributed by atoms with Gasteiger partial charge in [-0.25, -0.2) is 0 Å². The zero-order chi connectivity index (χ0) is 13.2. The van der Waals surface area contributed by atoms with Crippen LogP contribution in [0.2, 0.25) is 0 Å². The van der Waals surface area contributed by atoms with E-state index in [0.717, 1.165) is 24.2 Å². The molecule has 1 fully saturated rings. The minimum atomic E-state index is -0.207. The number of benzene rings is 1. The van der Waals surface area contributed by atoms with Gasteiger partial charge in [0.1, 0.15) is 5.75 Å². The second-order valence-corrected chi connectivity index (χ2v) is 4.90. The van der Waals surface area contributed by atoms with Gasteiger partial charge >= 0.3 is 0 Å². The second-order valence-electron chi connectivity index (χ2n) is 4.90. The molecule has 1 aromatic carbocycles. The third kappa shape index (κ3) is 2.61. The average Bonchev–Trinajstić information content (AvgIpc) is 2.84. The van der Waals surface area contributed by atoms with E-state index in [0.29, 0.717) is 18.1 Å². The van der Waals surface area contributed by atoms with Crippen LogP contribution in [-0.2, 0) is 6.42 Å². The fourth-order valence-corrected chi connectivity index (χ4v) is 2.22. The van der Waals surface area contributed by atoms with Crippen LogP contribution in [0.3, 0.4) is 0 Å². The molecular weight excluding hydrogens is 244 g/mol. The summed E-state index contributed by atoms with van der Waals surface area (Å²) in [6, 6.07) is 7.81. The van der Waals surface area contributed by atoms with Crippen molar-refractivity contribution in [1.29, 1.82) is 0 Å². The standard InChI is InChI=1S/C14H16N2O3/c1-18-12-4-2-9(3-5-12)6-13-15-14(19-16-13)10-7-11(17)8-10/h2-5,10-11,17H,6-8H2,1H3. The zero-order valence-electron chi connectivity index (χ0n) is 10.7. The molecule has 1 aromatic heterocycles. The predicted octanol–water partition coefficient (Wildman–Crippen LogP) is 1.91. The summed E-state index contributed by atoms with van der Waals surface area (Å²) in [6.07, 6.45) is 1.89. The van der Waals surface area contributed by atoms with Crippen LogP contribution in [0.5, 0.6) is 5.75 Å². The smallest absolute Gasteiger partial charge is 0.229 e. The summed E-state index contributed by atoms with van der Waals surface area (Å²) >= 11 is 0. The highest BCUT2D eigenvalue weighted by atomic mass is 16.5. The predicted molar refractivity (Wildman–Crippen MR) is 68.1 cm³/mol. The summed E-state index contributed by atoms with van der Waals surface area (Å²) in [6.45, 7) is 0. The number of aliphatic hydroxyl groups excluding tert-OH is 1.